The third-order valence-electron chi connectivity index (χ3n) is 6.42. The molecule has 2 saturated heterocycles. The summed E-state index contributed by atoms with van der Waals surface area (Å²) in [5, 5.41) is -0.740. The number of hydrogen-bond donors (Lipinski definition) is 0. The van der Waals surface area contributed by atoms with Crippen LogP contribution in [0.25, 0.3) is 0 Å². The maximum Gasteiger partial charge on any atom is 0.219 e. The van der Waals surface area contributed by atoms with E-state index in [1.165, 1.54) is 20.9 Å². The molecule has 2 aromatic rings. The lowest BCUT2D eigenvalue weighted by Crippen LogP contribution is -2.41. The third kappa shape index (κ3) is 6.59. The van der Waals surface area contributed by atoms with Crippen molar-refractivity contribution in [3.8, 4) is 5.75 Å². The summed E-state index contributed by atoms with van der Waals surface area (Å²) in [6, 6.07) is 13.8. The van der Waals surface area contributed by atoms with Crippen LogP contribution in [0.4, 0.5) is 4.39 Å². The Kier molecular flexibility index (Phi) is 8.12. The number of sulfonamides is 2. The molecule has 2 aliphatic heterocycles. The van der Waals surface area contributed by atoms with Gasteiger partial charge in [-0.15, -0.1) is 0 Å². The lowest BCUT2D eigenvalue weighted by Gasteiger charge is -2.30. The summed E-state index contributed by atoms with van der Waals surface area (Å²) in [6.45, 7) is 1.15. The minimum absolute atomic E-state index is 0.0875. The van der Waals surface area contributed by atoms with Crippen LogP contribution in [0.1, 0.15) is 24.0 Å². The van der Waals surface area contributed by atoms with Crippen molar-refractivity contribution < 1.29 is 30.7 Å². The number of halogens is 1. The van der Waals surface area contributed by atoms with Gasteiger partial charge in [0.1, 0.15) is 22.9 Å². The van der Waals surface area contributed by atoms with E-state index in [1.807, 2.05) is 30.3 Å². The van der Waals surface area contributed by atoms with Crippen molar-refractivity contribution in [2.75, 3.05) is 39.1 Å². The molecule has 0 amide bonds. The first-order valence-electron chi connectivity index (χ1n) is 11.6. The molecule has 2 aromatic carbocycles. The van der Waals surface area contributed by atoms with E-state index >= 15 is 0 Å². The molecule has 0 saturated carbocycles. The summed E-state index contributed by atoms with van der Waals surface area (Å²) in [4.78, 5) is 0. The molecule has 0 aromatic heterocycles. The zero-order valence-electron chi connectivity index (χ0n) is 19.7. The summed E-state index contributed by atoms with van der Waals surface area (Å²) in [5.41, 5.74) is 1.16. The molecule has 2 heterocycles. The van der Waals surface area contributed by atoms with Gasteiger partial charge in [0, 0.05) is 37.8 Å². The van der Waals surface area contributed by atoms with Crippen molar-refractivity contribution in [1.82, 2.24) is 8.61 Å². The summed E-state index contributed by atoms with van der Waals surface area (Å²) in [7, 11) is -6.93. The molecule has 2 aliphatic rings. The maximum atomic E-state index is 15.0. The molecule has 1 unspecified atom stereocenters. The Balaban J connectivity index is 1.41. The number of benzene rings is 2. The molecule has 8 nitrogen and oxygen atoms in total. The van der Waals surface area contributed by atoms with Crippen LogP contribution < -0.4 is 4.74 Å². The highest BCUT2D eigenvalue weighted by Gasteiger charge is 2.35. The molecule has 2 fully saturated rings. The fourth-order valence-corrected chi connectivity index (χ4v) is 7.02. The Morgan fingerprint density at radius 2 is 1.80 bits per heavy atom. The van der Waals surface area contributed by atoms with Crippen molar-refractivity contribution >= 4 is 20.0 Å². The molecule has 1 atom stereocenters. The first-order valence-corrected chi connectivity index (χ1v) is 15.0. The summed E-state index contributed by atoms with van der Waals surface area (Å²) in [5.74, 6) is -0.205. The van der Waals surface area contributed by atoms with Crippen molar-refractivity contribution in [1.29, 1.82) is 0 Å². The highest BCUT2D eigenvalue weighted by atomic mass is 32.2. The number of nitrogens with zero attached hydrogens (tertiary/aromatic N) is 2. The summed E-state index contributed by atoms with van der Waals surface area (Å²) < 4.78 is 79.1. The van der Waals surface area contributed by atoms with Gasteiger partial charge in [-0.1, -0.05) is 36.4 Å². The number of ether oxygens (including phenoxy) is 2. The second-order valence-electron chi connectivity index (χ2n) is 9.00. The summed E-state index contributed by atoms with van der Waals surface area (Å²) >= 11 is 0. The quantitative estimate of drug-likeness (QED) is 0.550. The lowest BCUT2D eigenvalue weighted by molar-refractivity contribution is 0.133. The van der Waals surface area contributed by atoms with Crippen LogP contribution in [-0.4, -0.2) is 75.9 Å². The standard InChI is InChI=1S/C24H31FN2O6S2/c1-34(28,29)26-11-9-21(10-12-26)33-22-8-7-20(24(25)16-22)17-27-13-14-32-18-23(35(27,30)31)15-19-5-3-2-4-6-19/h2-8,16,21,23H,9-15,17-18H2,1H3. The van der Waals surface area contributed by atoms with Gasteiger partial charge in [0.05, 0.1) is 19.5 Å². The Hall–Kier alpha value is -2.05. The van der Waals surface area contributed by atoms with E-state index in [2.05, 4.69) is 0 Å². The molecule has 0 aliphatic carbocycles. The van der Waals surface area contributed by atoms with Gasteiger partial charge in [0.2, 0.25) is 20.0 Å². The van der Waals surface area contributed by atoms with E-state index in [4.69, 9.17) is 9.47 Å². The first kappa shape index (κ1) is 26.0. The van der Waals surface area contributed by atoms with E-state index < -0.39 is 31.1 Å². The maximum absolute atomic E-state index is 15.0. The Labute approximate surface area is 206 Å². The average Bonchev–Trinajstić information content (AvgIpc) is 2.94. The van der Waals surface area contributed by atoms with Gasteiger partial charge in [0.25, 0.3) is 0 Å². The predicted octanol–water partition coefficient (Wildman–Crippen LogP) is 2.40. The van der Waals surface area contributed by atoms with Gasteiger partial charge in [-0.25, -0.2) is 25.5 Å². The second-order valence-corrected chi connectivity index (χ2v) is 13.2. The van der Waals surface area contributed by atoms with Crippen LogP contribution in [0.5, 0.6) is 5.75 Å². The molecule has 11 heteroatoms. The Bertz CT molecular complexity index is 1220. The number of hydrogen-bond acceptors (Lipinski definition) is 6. The molecular formula is C24H31FN2O6S2. The summed E-state index contributed by atoms with van der Waals surface area (Å²) in [6.07, 6.45) is 2.34. The molecule has 0 spiro atoms. The minimum atomic E-state index is -3.71. The Morgan fingerprint density at radius 3 is 2.46 bits per heavy atom. The van der Waals surface area contributed by atoms with E-state index in [0.717, 1.165) is 5.56 Å². The van der Waals surface area contributed by atoms with Gasteiger partial charge < -0.3 is 9.47 Å². The molecule has 4 rings (SSSR count). The fourth-order valence-electron chi connectivity index (χ4n) is 4.41. The molecule has 0 N–H and O–H groups in total. The van der Waals surface area contributed by atoms with Crippen LogP contribution >= 0.6 is 0 Å². The minimum Gasteiger partial charge on any atom is -0.490 e. The van der Waals surface area contributed by atoms with Crippen molar-refractivity contribution in [3.63, 3.8) is 0 Å². The van der Waals surface area contributed by atoms with Crippen LogP contribution in [-0.2, 0) is 37.7 Å². The van der Waals surface area contributed by atoms with E-state index in [1.54, 1.807) is 12.1 Å². The normalized spacial score (nSPS) is 22.5. The second kappa shape index (κ2) is 10.9. The smallest absolute Gasteiger partial charge is 0.219 e. The fraction of sp³-hybridized carbons (Fsp3) is 0.500. The molecule has 35 heavy (non-hydrogen) atoms. The van der Waals surface area contributed by atoms with Crippen LogP contribution in [0.3, 0.4) is 0 Å². The zero-order chi connectivity index (χ0) is 25.1. The van der Waals surface area contributed by atoms with E-state index in [0.29, 0.717) is 38.1 Å². The lowest BCUT2D eigenvalue weighted by atomic mass is 10.1. The first-order chi connectivity index (χ1) is 16.6. The third-order valence-corrected chi connectivity index (χ3v) is 9.90. The van der Waals surface area contributed by atoms with Gasteiger partial charge in [0.15, 0.2) is 0 Å². The molecule has 192 valence electrons. The highest BCUT2D eigenvalue weighted by molar-refractivity contribution is 7.89. The van der Waals surface area contributed by atoms with Gasteiger partial charge in [-0.3, -0.25) is 0 Å². The van der Waals surface area contributed by atoms with E-state index in [9.17, 15) is 21.2 Å². The zero-order valence-corrected chi connectivity index (χ0v) is 21.3. The van der Waals surface area contributed by atoms with Crippen LogP contribution in [0, 0.1) is 5.82 Å². The monoisotopic (exact) mass is 526 g/mol. The topological polar surface area (TPSA) is 93.2 Å². The molecule has 0 radical (unpaired) electrons. The van der Waals surface area contributed by atoms with Gasteiger partial charge >= 0.3 is 0 Å². The molecule has 0 bridgehead atoms. The SMILES string of the molecule is CS(=O)(=O)N1CCC(Oc2ccc(CN3CCOCC(Cc4ccccc4)S3(=O)=O)c(F)c2)CC1. The van der Waals surface area contributed by atoms with Crippen molar-refractivity contribution in [3.05, 3.63) is 65.5 Å². The number of piperidine rings is 1. The number of rotatable bonds is 7. The Morgan fingerprint density at radius 1 is 1.09 bits per heavy atom. The van der Waals surface area contributed by atoms with E-state index in [-0.39, 0.29) is 38.0 Å². The largest absolute Gasteiger partial charge is 0.490 e. The van der Waals surface area contributed by atoms with Crippen LogP contribution in [0.15, 0.2) is 48.5 Å². The van der Waals surface area contributed by atoms with Crippen molar-refractivity contribution in [2.45, 2.75) is 37.2 Å². The van der Waals surface area contributed by atoms with Crippen molar-refractivity contribution in [2.24, 2.45) is 0 Å². The van der Waals surface area contributed by atoms with Crippen LogP contribution in [0.2, 0.25) is 0 Å². The van der Waals surface area contributed by atoms with Gasteiger partial charge in [-0.05, 0) is 30.9 Å². The van der Waals surface area contributed by atoms with Gasteiger partial charge in [-0.2, -0.15) is 4.31 Å². The highest BCUT2D eigenvalue weighted by Crippen LogP contribution is 2.25. The molecular weight excluding hydrogens is 495 g/mol. The predicted molar refractivity (Wildman–Crippen MR) is 131 cm³/mol. The average molecular weight is 527 g/mol.